The molecule has 0 aromatic carbocycles. The first-order chi connectivity index (χ1) is 4.20. The highest BCUT2D eigenvalue weighted by Crippen LogP contribution is 2.08. The fraction of sp³-hybridized carbons (Fsp3) is 0.333. The third-order valence-electron chi connectivity index (χ3n) is 1.12. The number of aliphatic hydroxyl groups is 1. The van der Waals surface area contributed by atoms with Crippen LogP contribution in [-0.2, 0) is 0 Å². The summed E-state index contributed by atoms with van der Waals surface area (Å²) in [4.78, 5) is 0. The maximum atomic E-state index is 12.3. The van der Waals surface area contributed by atoms with Gasteiger partial charge < -0.3 is 10.4 Å². The normalized spacial score (nSPS) is 26.2. The standard InChI is InChI=1S/C6H8FNO/c1-4-2-3-5(9)6(7)8-4/h2-4,8-9H,1H3. The van der Waals surface area contributed by atoms with Gasteiger partial charge in [0, 0.05) is 6.04 Å². The number of nitrogens with one attached hydrogen (secondary N) is 1. The van der Waals surface area contributed by atoms with E-state index in [9.17, 15) is 4.39 Å². The zero-order chi connectivity index (χ0) is 6.85. The largest absolute Gasteiger partial charge is 0.504 e. The summed E-state index contributed by atoms with van der Waals surface area (Å²) in [6.45, 7) is 1.79. The highest BCUT2D eigenvalue weighted by molar-refractivity contribution is 5.20. The molecule has 0 spiro atoms. The van der Waals surface area contributed by atoms with Crippen LogP contribution in [0.5, 0.6) is 0 Å². The molecule has 1 heterocycles. The van der Waals surface area contributed by atoms with Crippen molar-refractivity contribution in [3.8, 4) is 0 Å². The molecule has 0 aromatic heterocycles. The Morgan fingerprint density at radius 1 is 1.78 bits per heavy atom. The molecule has 0 radical (unpaired) electrons. The molecule has 1 aliphatic heterocycles. The number of allylic oxidation sites excluding steroid dienone is 1. The summed E-state index contributed by atoms with van der Waals surface area (Å²) in [5.74, 6) is -0.974. The first-order valence-electron chi connectivity index (χ1n) is 2.73. The van der Waals surface area contributed by atoms with E-state index in [1.807, 2.05) is 0 Å². The molecule has 0 aliphatic carbocycles. The van der Waals surface area contributed by atoms with E-state index in [2.05, 4.69) is 5.32 Å². The number of halogens is 1. The average molecular weight is 129 g/mol. The Kier molecular flexibility index (Phi) is 1.42. The number of aliphatic hydroxyl groups excluding tert-OH is 1. The van der Waals surface area contributed by atoms with E-state index in [0.717, 1.165) is 0 Å². The van der Waals surface area contributed by atoms with Gasteiger partial charge in [-0.2, -0.15) is 4.39 Å². The Hall–Kier alpha value is -0.990. The van der Waals surface area contributed by atoms with Crippen molar-refractivity contribution in [3.05, 3.63) is 23.9 Å². The van der Waals surface area contributed by atoms with E-state index < -0.39 is 5.95 Å². The molecule has 2 N–H and O–H groups in total. The van der Waals surface area contributed by atoms with Crippen LogP contribution < -0.4 is 5.32 Å². The molecule has 1 aliphatic rings. The number of dihydropyridines is 1. The topological polar surface area (TPSA) is 32.3 Å². The van der Waals surface area contributed by atoms with E-state index >= 15 is 0 Å². The summed E-state index contributed by atoms with van der Waals surface area (Å²) in [6, 6.07) is -0.0269. The van der Waals surface area contributed by atoms with Crippen LogP contribution in [-0.4, -0.2) is 11.1 Å². The minimum atomic E-state index is -0.648. The van der Waals surface area contributed by atoms with Gasteiger partial charge in [0.25, 0.3) is 0 Å². The smallest absolute Gasteiger partial charge is 0.229 e. The first-order valence-corrected chi connectivity index (χ1v) is 2.73. The van der Waals surface area contributed by atoms with Crippen LogP contribution in [0.15, 0.2) is 23.9 Å². The van der Waals surface area contributed by atoms with Crippen LogP contribution in [0.1, 0.15) is 6.92 Å². The van der Waals surface area contributed by atoms with Crippen LogP contribution in [0.2, 0.25) is 0 Å². The summed E-state index contributed by atoms with van der Waals surface area (Å²) in [7, 11) is 0. The highest BCUT2D eigenvalue weighted by Gasteiger charge is 2.08. The average Bonchev–Trinajstić information content (AvgIpc) is 1.80. The van der Waals surface area contributed by atoms with Crippen LogP contribution in [0.3, 0.4) is 0 Å². The first kappa shape index (κ1) is 6.13. The molecule has 0 fully saturated rings. The molecule has 1 unspecified atom stereocenters. The van der Waals surface area contributed by atoms with E-state index in [4.69, 9.17) is 5.11 Å². The lowest BCUT2D eigenvalue weighted by Gasteiger charge is -2.12. The molecule has 1 atom stereocenters. The van der Waals surface area contributed by atoms with Crippen molar-refractivity contribution in [1.82, 2.24) is 5.32 Å². The summed E-state index contributed by atoms with van der Waals surface area (Å²) in [6.07, 6.45) is 3.02. The fourth-order valence-corrected chi connectivity index (χ4v) is 0.631. The lowest BCUT2D eigenvalue weighted by Crippen LogP contribution is -2.24. The maximum absolute atomic E-state index is 12.3. The Morgan fingerprint density at radius 3 is 2.89 bits per heavy atom. The second kappa shape index (κ2) is 2.09. The lowest BCUT2D eigenvalue weighted by molar-refractivity contribution is 0.370. The summed E-state index contributed by atoms with van der Waals surface area (Å²) in [5, 5.41) is 11.1. The molecule has 50 valence electrons. The molecule has 0 saturated carbocycles. The monoisotopic (exact) mass is 129 g/mol. The number of hydrogen-bond donors (Lipinski definition) is 2. The van der Waals surface area contributed by atoms with Gasteiger partial charge in [0.1, 0.15) is 0 Å². The summed E-state index contributed by atoms with van der Waals surface area (Å²) < 4.78 is 12.3. The van der Waals surface area contributed by atoms with Crippen molar-refractivity contribution in [2.24, 2.45) is 0 Å². The molecular formula is C6H8FNO. The van der Waals surface area contributed by atoms with Crippen LogP contribution in [0, 0.1) is 0 Å². The minimum Gasteiger partial charge on any atom is -0.504 e. The Bertz CT molecular complexity index is 174. The van der Waals surface area contributed by atoms with E-state index in [1.165, 1.54) is 6.08 Å². The molecule has 3 heteroatoms. The fourth-order valence-electron chi connectivity index (χ4n) is 0.631. The lowest BCUT2D eigenvalue weighted by atomic mass is 10.2. The van der Waals surface area contributed by atoms with Crippen molar-refractivity contribution in [2.75, 3.05) is 0 Å². The SMILES string of the molecule is CC1C=CC(O)=C(F)N1. The van der Waals surface area contributed by atoms with Gasteiger partial charge in [-0.3, -0.25) is 0 Å². The Labute approximate surface area is 52.7 Å². The molecular weight excluding hydrogens is 121 g/mol. The van der Waals surface area contributed by atoms with Crippen molar-refractivity contribution < 1.29 is 9.50 Å². The second-order valence-electron chi connectivity index (χ2n) is 1.99. The van der Waals surface area contributed by atoms with Gasteiger partial charge in [-0.1, -0.05) is 6.08 Å². The Morgan fingerprint density at radius 2 is 2.44 bits per heavy atom. The molecule has 0 bridgehead atoms. The number of rotatable bonds is 0. The molecule has 0 amide bonds. The van der Waals surface area contributed by atoms with Crippen molar-refractivity contribution in [2.45, 2.75) is 13.0 Å². The molecule has 0 aromatic rings. The van der Waals surface area contributed by atoms with Crippen LogP contribution in [0.4, 0.5) is 4.39 Å². The van der Waals surface area contributed by atoms with Gasteiger partial charge in [-0.05, 0) is 13.0 Å². The van der Waals surface area contributed by atoms with Gasteiger partial charge in [-0.25, -0.2) is 0 Å². The molecule has 9 heavy (non-hydrogen) atoms. The predicted molar refractivity (Wildman–Crippen MR) is 32.5 cm³/mol. The predicted octanol–water partition coefficient (Wildman–Crippen LogP) is 1.23. The van der Waals surface area contributed by atoms with E-state index in [1.54, 1.807) is 13.0 Å². The van der Waals surface area contributed by atoms with Crippen molar-refractivity contribution in [3.63, 3.8) is 0 Å². The van der Waals surface area contributed by atoms with Gasteiger partial charge in [0.15, 0.2) is 5.76 Å². The second-order valence-corrected chi connectivity index (χ2v) is 1.99. The van der Waals surface area contributed by atoms with Crippen molar-refractivity contribution >= 4 is 0 Å². The third-order valence-corrected chi connectivity index (χ3v) is 1.12. The quantitative estimate of drug-likeness (QED) is 0.482. The highest BCUT2D eigenvalue weighted by atomic mass is 19.1. The van der Waals surface area contributed by atoms with Crippen LogP contribution in [0.25, 0.3) is 0 Å². The van der Waals surface area contributed by atoms with Gasteiger partial charge in [0.05, 0.1) is 0 Å². The van der Waals surface area contributed by atoms with Crippen LogP contribution >= 0.6 is 0 Å². The van der Waals surface area contributed by atoms with E-state index in [0.29, 0.717) is 0 Å². The maximum Gasteiger partial charge on any atom is 0.229 e. The zero-order valence-electron chi connectivity index (χ0n) is 5.06. The molecule has 2 nitrogen and oxygen atoms in total. The molecule has 0 saturated heterocycles. The molecule has 1 rings (SSSR count). The zero-order valence-corrected chi connectivity index (χ0v) is 5.06. The minimum absolute atomic E-state index is 0.0269. The third kappa shape index (κ3) is 1.22. The van der Waals surface area contributed by atoms with Gasteiger partial charge in [0.2, 0.25) is 5.95 Å². The van der Waals surface area contributed by atoms with E-state index in [-0.39, 0.29) is 11.8 Å². The number of hydrogen-bond acceptors (Lipinski definition) is 2. The van der Waals surface area contributed by atoms with Crippen molar-refractivity contribution in [1.29, 1.82) is 0 Å². The van der Waals surface area contributed by atoms with Gasteiger partial charge in [-0.15, -0.1) is 0 Å². The Balaban J connectivity index is 2.75. The van der Waals surface area contributed by atoms with Gasteiger partial charge >= 0.3 is 0 Å². The summed E-state index contributed by atoms with van der Waals surface area (Å²) in [5.41, 5.74) is 0. The summed E-state index contributed by atoms with van der Waals surface area (Å²) >= 11 is 0.